The Kier molecular flexibility index (Phi) is 13.9. The highest BCUT2D eigenvalue weighted by Crippen LogP contribution is 2.33. The molecule has 4 amide bonds. The maximum absolute atomic E-state index is 14.3. The molecule has 2 aromatic heterocycles. The van der Waals surface area contributed by atoms with E-state index in [1.807, 2.05) is 88.4 Å². The zero-order valence-electron chi connectivity index (χ0n) is 37.3. The van der Waals surface area contributed by atoms with E-state index in [1.165, 1.54) is 4.90 Å². The number of halogens is 1. The molecule has 0 radical (unpaired) electrons. The number of aromatic nitrogens is 2. The molecule has 4 atom stereocenters. The summed E-state index contributed by atoms with van der Waals surface area (Å²) in [6, 6.07) is 17.8. The molecule has 0 unspecified atom stereocenters. The summed E-state index contributed by atoms with van der Waals surface area (Å²) in [4.78, 5) is 79.9. The number of likely N-dealkylation sites (tertiary alicyclic amines) is 1. The molecule has 0 spiro atoms. The predicted molar refractivity (Wildman–Crippen MR) is 247 cm³/mol. The van der Waals surface area contributed by atoms with Gasteiger partial charge in [-0.3, -0.25) is 33.4 Å². The van der Waals surface area contributed by atoms with Gasteiger partial charge in [0.05, 0.1) is 53.8 Å². The van der Waals surface area contributed by atoms with E-state index in [-0.39, 0.29) is 55.6 Å². The highest BCUT2D eigenvalue weighted by Gasteiger charge is 2.45. The summed E-state index contributed by atoms with van der Waals surface area (Å²) in [5.41, 5.74) is 6.50. The van der Waals surface area contributed by atoms with Crippen molar-refractivity contribution in [3.63, 3.8) is 0 Å². The number of hydrogen-bond acceptors (Lipinski definition) is 10. The quantitative estimate of drug-likeness (QED) is 0.141. The molecule has 5 aromatic rings. The van der Waals surface area contributed by atoms with Crippen molar-refractivity contribution in [3.05, 3.63) is 105 Å². The molecule has 338 valence electrons. The Morgan fingerprint density at radius 3 is 2.27 bits per heavy atom. The first kappa shape index (κ1) is 46.4. The second-order valence-corrected chi connectivity index (χ2v) is 19.1. The molecule has 64 heavy (non-hydrogen) atoms. The van der Waals surface area contributed by atoms with E-state index >= 15 is 0 Å². The van der Waals surface area contributed by atoms with Crippen LogP contribution in [0.15, 0.2) is 72.2 Å². The van der Waals surface area contributed by atoms with Crippen LogP contribution >= 0.6 is 22.9 Å². The molecule has 16 heteroatoms. The number of carbonyl (C=O) groups excluding carboxylic acids is 5. The van der Waals surface area contributed by atoms with Crippen LogP contribution in [0, 0.1) is 19.3 Å². The molecule has 2 aliphatic rings. The van der Waals surface area contributed by atoms with Gasteiger partial charge in [-0.05, 0) is 85.3 Å². The van der Waals surface area contributed by atoms with Crippen molar-refractivity contribution in [2.75, 3.05) is 46.4 Å². The lowest BCUT2D eigenvalue weighted by Gasteiger charge is -2.37. The van der Waals surface area contributed by atoms with Crippen LogP contribution in [0.2, 0.25) is 5.02 Å². The maximum Gasteiger partial charge on any atom is 0.262 e. The number of methoxy groups -OCH3 is 1. The summed E-state index contributed by atoms with van der Waals surface area (Å²) >= 11 is 7.66. The number of ether oxygens (including phenoxy) is 1. The number of carbonyl (C=O) groups is 5. The second kappa shape index (κ2) is 19.2. The molecule has 0 saturated carbocycles. The number of β-amino-alcohol motifs (C(OH)–C–C–N with tert-alkyl or cyclic N) is 1. The molecule has 0 aliphatic carbocycles. The minimum absolute atomic E-state index is 0.00645. The molecule has 2 saturated heterocycles. The summed E-state index contributed by atoms with van der Waals surface area (Å²) in [5.74, 6) is -0.908. The van der Waals surface area contributed by atoms with Gasteiger partial charge in [0, 0.05) is 60.8 Å². The Labute approximate surface area is 382 Å². The summed E-state index contributed by atoms with van der Waals surface area (Å²) < 4.78 is 7.12. The molecule has 3 aromatic carbocycles. The van der Waals surface area contributed by atoms with E-state index < -0.39 is 29.5 Å². The highest BCUT2D eigenvalue weighted by molar-refractivity contribution is 7.13. The Morgan fingerprint density at radius 1 is 0.953 bits per heavy atom. The molecule has 14 nitrogen and oxygen atoms in total. The number of rotatable bonds is 12. The maximum atomic E-state index is 14.3. The third-order valence-electron chi connectivity index (χ3n) is 12.3. The Bertz CT molecular complexity index is 2540. The van der Waals surface area contributed by atoms with Crippen LogP contribution in [0.25, 0.3) is 21.3 Å². The van der Waals surface area contributed by atoms with Gasteiger partial charge in [0.15, 0.2) is 0 Å². The molecular weight excluding hydrogens is 854 g/mol. The van der Waals surface area contributed by atoms with Crippen LogP contribution in [-0.4, -0.2) is 123 Å². The number of hydrogen-bond donors (Lipinski definition) is 3. The number of piperazine rings is 1. The minimum atomic E-state index is -0.973. The Balaban J connectivity index is 0.957. The average Bonchev–Trinajstić information content (AvgIpc) is 3.96. The van der Waals surface area contributed by atoms with Gasteiger partial charge in [-0.25, -0.2) is 4.98 Å². The number of amides is 4. The van der Waals surface area contributed by atoms with E-state index in [9.17, 15) is 29.1 Å². The fourth-order valence-corrected chi connectivity index (χ4v) is 9.58. The van der Waals surface area contributed by atoms with Crippen LogP contribution in [0.3, 0.4) is 0 Å². The standard InChI is InChI=1S/C48H56ClN7O7S/c1-28(31-8-10-32(11-9-31)43-29(2)50-27-64-43)51-45(60)40-22-35(57)25-55(40)47(62)44(48(4,5)6)52-41(58)26-53-18-20-54(21-19-53)42(59)24-37-30(3)56(39-17-16-36(63-7)23-38(37)39)46(61)33-12-14-34(49)15-13-33/h8-17,23,27-28,35,40,44,57H,18-22,24-26H2,1-7H3,(H,51,60)(H,52,58)/t28-,35+,40-,44+/m0/s1. The second-order valence-electron chi connectivity index (χ2n) is 17.8. The number of aliphatic hydroxyl groups is 1. The van der Waals surface area contributed by atoms with E-state index in [4.69, 9.17) is 16.3 Å². The molecular formula is C48H56ClN7O7S. The van der Waals surface area contributed by atoms with E-state index in [1.54, 1.807) is 58.2 Å². The molecule has 3 N–H and O–H groups in total. The monoisotopic (exact) mass is 909 g/mol. The fourth-order valence-electron chi connectivity index (χ4n) is 8.64. The first-order valence-corrected chi connectivity index (χ1v) is 22.8. The first-order chi connectivity index (χ1) is 30.4. The van der Waals surface area contributed by atoms with Crippen LogP contribution in [0.1, 0.15) is 73.0 Å². The lowest BCUT2D eigenvalue weighted by molar-refractivity contribution is -0.144. The van der Waals surface area contributed by atoms with E-state index in [2.05, 4.69) is 15.6 Å². The number of nitrogens with one attached hydrogen (secondary N) is 2. The summed E-state index contributed by atoms with van der Waals surface area (Å²) in [6.45, 7) is 12.8. The van der Waals surface area contributed by atoms with Gasteiger partial charge in [0.1, 0.15) is 17.8 Å². The SMILES string of the molecule is COc1ccc2c(c1)c(CC(=O)N1CCN(CC(=O)N[C@H](C(=O)N3C[C@H](O)C[C@H]3C(=O)N[C@@H](C)c3ccc(-c4scnc4C)cc3)C(C)(C)C)CC1)c(C)n2C(=O)c1ccc(Cl)cc1. The lowest BCUT2D eigenvalue weighted by atomic mass is 9.85. The summed E-state index contributed by atoms with van der Waals surface area (Å²) in [7, 11) is 1.57. The van der Waals surface area contributed by atoms with Crippen LogP contribution in [0.5, 0.6) is 5.75 Å². The number of benzene rings is 3. The Morgan fingerprint density at radius 2 is 1.64 bits per heavy atom. The summed E-state index contributed by atoms with van der Waals surface area (Å²) in [6.07, 6.45) is -0.746. The van der Waals surface area contributed by atoms with Crippen LogP contribution in [-0.2, 0) is 25.6 Å². The van der Waals surface area contributed by atoms with Crippen molar-refractivity contribution < 1.29 is 33.8 Å². The smallest absolute Gasteiger partial charge is 0.262 e. The van der Waals surface area contributed by atoms with E-state index in [0.717, 1.165) is 32.6 Å². The number of aryl methyl sites for hydroxylation is 1. The van der Waals surface area contributed by atoms with Crippen molar-refractivity contribution in [3.8, 4) is 16.2 Å². The van der Waals surface area contributed by atoms with Crippen LogP contribution in [0.4, 0.5) is 0 Å². The van der Waals surface area contributed by atoms with Gasteiger partial charge < -0.3 is 30.3 Å². The zero-order chi connectivity index (χ0) is 46.0. The number of aliphatic hydroxyl groups excluding tert-OH is 1. The van der Waals surface area contributed by atoms with Crippen molar-refractivity contribution in [1.82, 2.24) is 34.9 Å². The molecule has 0 bridgehead atoms. The van der Waals surface area contributed by atoms with E-state index in [0.29, 0.717) is 53.7 Å². The average molecular weight is 911 g/mol. The van der Waals surface area contributed by atoms with Gasteiger partial charge in [-0.2, -0.15) is 0 Å². The van der Waals surface area contributed by atoms with Gasteiger partial charge in [-0.1, -0.05) is 56.6 Å². The van der Waals surface area contributed by atoms with Crippen molar-refractivity contribution in [2.45, 2.75) is 78.6 Å². The van der Waals surface area contributed by atoms with Gasteiger partial charge in [-0.15, -0.1) is 11.3 Å². The third-order valence-corrected chi connectivity index (χ3v) is 13.5. The predicted octanol–water partition coefficient (Wildman–Crippen LogP) is 5.79. The largest absolute Gasteiger partial charge is 0.497 e. The Hall–Kier alpha value is -5.61. The molecule has 4 heterocycles. The summed E-state index contributed by atoms with van der Waals surface area (Å²) in [5, 5.41) is 18.0. The van der Waals surface area contributed by atoms with Gasteiger partial charge in [0.25, 0.3) is 5.91 Å². The normalized spacial score (nSPS) is 17.9. The number of fused-ring (bicyclic) bond motifs is 1. The number of nitrogens with zero attached hydrogens (tertiary/aromatic N) is 5. The van der Waals surface area contributed by atoms with Crippen molar-refractivity contribution >= 4 is 63.4 Å². The fraction of sp³-hybridized carbons (Fsp3) is 0.417. The molecule has 2 fully saturated rings. The van der Waals surface area contributed by atoms with Crippen LogP contribution < -0.4 is 15.4 Å². The lowest BCUT2D eigenvalue weighted by Crippen LogP contribution is -2.59. The zero-order valence-corrected chi connectivity index (χ0v) is 38.9. The highest BCUT2D eigenvalue weighted by atomic mass is 35.5. The molecule has 7 rings (SSSR count). The number of thiazole rings is 1. The van der Waals surface area contributed by atoms with Gasteiger partial charge in [0.2, 0.25) is 23.6 Å². The first-order valence-electron chi connectivity index (χ1n) is 21.5. The molecule has 2 aliphatic heterocycles. The van der Waals surface area contributed by atoms with Crippen molar-refractivity contribution in [1.29, 1.82) is 0 Å². The van der Waals surface area contributed by atoms with Gasteiger partial charge >= 0.3 is 0 Å². The third kappa shape index (κ3) is 10.0. The minimum Gasteiger partial charge on any atom is -0.497 e. The topological polar surface area (TPSA) is 166 Å². The van der Waals surface area contributed by atoms with Crippen molar-refractivity contribution in [2.24, 2.45) is 5.41 Å².